The third-order valence-electron chi connectivity index (χ3n) is 6.01. The third-order valence-corrected chi connectivity index (χ3v) is 6.30. The van der Waals surface area contributed by atoms with E-state index in [1.165, 1.54) is 24.5 Å². The summed E-state index contributed by atoms with van der Waals surface area (Å²) in [5.74, 6) is 0.785. The molecule has 0 radical (unpaired) electrons. The van der Waals surface area contributed by atoms with E-state index >= 15 is 0 Å². The van der Waals surface area contributed by atoms with Gasteiger partial charge in [-0.25, -0.2) is 14.4 Å². The Kier molecular flexibility index (Phi) is 8.91. The zero-order valence-electron chi connectivity index (χ0n) is 21.1. The molecule has 8 nitrogen and oxygen atoms in total. The summed E-state index contributed by atoms with van der Waals surface area (Å²) in [5, 5.41) is 6.75. The van der Waals surface area contributed by atoms with Crippen molar-refractivity contribution in [3.05, 3.63) is 59.7 Å². The molecule has 10 heteroatoms. The van der Waals surface area contributed by atoms with Gasteiger partial charge in [-0.3, -0.25) is 4.79 Å². The molecule has 1 aliphatic rings. The molecule has 0 aliphatic heterocycles. The predicted molar refractivity (Wildman–Crippen MR) is 144 cm³/mol. The molecular formula is C27H31ClFN5O3. The summed E-state index contributed by atoms with van der Waals surface area (Å²) >= 11 is 5.93. The van der Waals surface area contributed by atoms with Crippen molar-refractivity contribution >= 4 is 45.6 Å². The van der Waals surface area contributed by atoms with Crippen molar-refractivity contribution in [2.75, 3.05) is 44.5 Å². The molecule has 1 saturated carbocycles. The summed E-state index contributed by atoms with van der Waals surface area (Å²) in [6.07, 6.45) is 7.13. The lowest BCUT2D eigenvalue weighted by molar-refractivity contribution is -0.111. The highest BCUT2D eigenvalue weighted by Crippen LogP contribution is 2.36. The SMILES string of the molecule is COC(C)CN(C)CC=CC(=O)Nc1cc2c(Nc3ccc(F)c(Cl)c3)ncnc2cc1OCC1CC1. The molecule has 1 amide bonds. The van der Waals surface area contributed by atoms with Crippen molar-refractivity contribution in [1.82, 2.24) is 14.9 Å². The number of carbonyl (C=O) groups is 1. The average Bonchev–Trinajstić information content (AvgIpc) is 3.70. The number of hydrogen-bond acceptors (Lipinski definition) is 7. The predicted octanol–water partition coefficient (Wildman–Crippen LogP) is 5.42. The minimum absolute atomic E-state index is 0.00110. The molecule has 196 valence electrons. The van der Waals surface area contributed by atoms with Crippen LogP contribution in [0.3, 0.4) is 0 Å². The van der Waals surface area contributed by atoms with Gasteiger partial charge in [0, 0.05) is 43.4 Å². The van der Waals surface area contributed by atoms with Gasteiger partial charge < -0.3 is 25.0 Å². The zero-order valence-corrected chi connectivity index (χ0v) is 21.9. The van der Waals surface area contributed by atoms with Gasteiger partial charge >= 0.3 is 0 Å². The van der Waals surface area contributed by atoms with Crippen molar-refractivity contribution < 1.29 is 18.7 Å². The van der Waals surface area contributed by atoms with E-state index in [-0.39, 0.29) is 17.0 Å². The van der Waals surface area contributed by atoms with E-state index in [9.17, 15) is 9.18 Å². The second-order valence-electron chi connectivity index (χ2n) is 9.26. The van der Waals surface area contributed by atoms with Gasteiger partial charge in [-0.15, -0.1) is 0 Å². The molecule has 1 aromatic heterocycles. The highest BCUT2D eigenvalue weighted by Gasteiger charge is 2.23. The Balaban J connectivity index is 1.56. The molecule has 37 heavy (non-hydrogen) atoms. The molecule has 1 aliphatic carbocycles. The van der Waals surface area contributed by atoms with Crippen molar-refractivity contribution in [3.8, 4) is 5.75 Å². The average molecular weight is 528 g/mol. The largest absolute Gasteiger partial charge is 0.491 e. The summed E-state index contributed by atoms with van der Waals surface area (Å²) in [7, 11) is 3.64. The summed E-state index contributed by atoms with van der Waals surface area (Å²) in [6, 6.07) is 7.91. The van der Waals surface area contributed by atoms with Gasteiger partial charge in [0.15, 0.2) is 0 Å². The number of likely N-dealkylation sites (N-methyl/N-ethyl adjacent to an activating group) is 1. The van der Waals surface area contributed by atoms with Crippen LogP contribution in [0.15, 0.2) is 48.8 Å². The fourth-order valence-electron chi connectivity index (χ4n) is 3.71. The third kappa shape index (κ3) is 7.61. The van der Waals surface area contributed by atoms with Gasteiger partial charge in [0.1, 0.15) is 23.7 Å². The topological polar surface area (TPSA) is 88.6 Å². The molecule has 1 heterocycles. The smallest absolute Gasteiger partial charge is 0.248 e. The van der Waals surface area contributed by atoms with E-state index in [4.69, 9.17) is 21.1 Å². The molecule has 2 N–H and O–H groups in total. The van der Waals surface area contributed by atoms with Crippen LogP contribution in [0.25, 0.3) is 10.9 Å². The Morgan fingerprint density at radius 1 is 1.30 bits per heavy atom. The van der Waals surface area contributed by atoms with Crippen molar-refractivity contribution in [2.45, 2.75) is 25.9 Å². The number of halogens is 2. The molecule has 1 unspecified atom stereocenters. The van der Waals surface area contributed by atoms with Crippen LogP contribution in [0.1, 0.15) is 19.8 Å². The first-order valence-electron chi connectivity index (χ1n) is 12.1. The van der Waals surface area contributed by atoms with Gasteiger partial charge in [-0.05, 0) is 57.0 Å². The molecule has 0 bridgehead atoms. The Morgan fingerprint density at radius 2 is 2.11 bits per heavy atom. The minimum atomic E-state index is -0.505. The summed E-state index contributed by atoms with van der Waals surface area (Å²) in [4.78, 5) is 23.6. The van der Waals surface area contributed by atoms with Crippen molar-refractivity contribution in [3.63, 3.8) is 0 Å². The second kappa shape index (κ2) is 12.3. The number of carbonyl (C=O) groups excluding carboxylic acids is 1. The van der Waals surface area contributed by atoms with Gasteiger partial charge in [0.05, 0.1) is 28.9 Å². The lowest BCUT2D eigenvalue weighted by Crippen LogP contribution is -2.28. The van der Waals surface area contributed by atoms with Crippen LogP contribution < -0.4 is 15.4 Å². The number of aromatic nitrogens is 2. The molecular weight excluding hydrogens is 497 g/mol. The molecule has 0 saturated heterocycles. The molecule has 1 atom stereocenters. The fraction of sp³-hybridized carbons (Fsp3) is 0.370. The van der Waals surface area contributed by atoms with Gasteiger partial charge in [-0.1, -0.05) is 17.7 Å². The quantitative estimate of drug-likeness (QED) is 0.304. The fourth-order valence-corrected chi connectivity index (χ4v) is 3.89. The monoisotopic (exact) mass is 527 g/mol. The number of anilines is 3. The molecule has 1 fully saturated rings. The van der Waals surface area contributed by atoms with Crippen LogP contribution in [0.4, 0.5) is 21.6 Å². The van der Waals surface area contributed by atoms with Gasteiger partial charge in [-0.2, -0.15) is 0 Å². The maximum absolute atomic E-state index is 13.6. The number of hydrogen-bond donors (Lipinski definition) is 2. The highest BCUT2D eigenvalue weighted by molar-refractivity contribution is 6.31. The number of benzene rings is 2. The van der Waals surface area contributed by atoms with Crippen LogP contribution in [0.2, 0.25) is 5.02 Å². The molecule has 0 spiro atoms. The maximum Gasteiger partial charge on any atom is 0.248 e. The summed E-state index contributed by atoms with van der Waals surface area (Å²) < 4.78 is 24.9. The van der Waals surface area contributed by atoms with Crippen LogP contribution in [0, 0.1) is 11.7 Å². The minimum Gasteiger partial charge on any atom is -0.491 e. The van der Waals surface area contributed by atoms with Crippen LogP contribution in [-0.4, -0.2) is 60.7 Å². The second-order valence-corrected chi connectivity index (χ2v) is 9.66. The van der Waals surface area contributed by atoms with E-state index < -0.39 is 5.82 Å². The van der Waals surface area contributed by atoms with Crippen molar-refractivity contribution in [2.24, 2.45) is 5.92 Å². The zero-order chi connectivity index (χ0) is 26.4. The van der Waals surface area contributed by atoms with Crippen LogP contribution in [0.5, 0.6) is 5.75 Å². The van der Waals surface area contributed by atoms with E-state index in [1.54, 1.807) is 31.4 Å². The Labute approximate surface area is 220 Å². The van der Waals surface area contributed by atoms with Gasteiger partial charge in [0.25, 0.3) is 0 Å². The highest BCUT2D eigenvalue weighted by atomic mass is 35.5. The standard InChI is InChI=1S/C27H31ClFN5O3/c1-17(36-3)14-34(2)10-4-5-26(35)33-24-12-20-23(13-25(24)37-15-18-6-7-18)30-16-31-27(20)32-19-8-9-22(29)21(28)11-19/h4-5,8-9,11-13,16-18H,6-7,10,14-15H2,1-3H3,(H,33,35)(H,30,31,32). The number of rotatable bonds is 12. The van der Waals surface area contributed by atoms with Gasteiger partial charge in [0.2, 0.25) is 5.91 Å². The maximum atomic E-state index is 13.6. The van der Waals surface area contributed by atoms with Crippen LogP contribution >= 0.6 is 11.6 Å². The lowest BCUT2D eigenvalue weighted by Gasteiger charge is -2.18. The van der Waals surface area contributed by atoms with E-state index in [1.807, 2.05) is 14.0 Å². The Hall–Kier alpha value is -3.27. The normalized spacial score (nSPS) is 14.3. The number of nitrogens with zero attached hydrogens (tertiary/aromatic N) is 3. The Morgan fingerprint density at radius 3 is 2.84 bits per heavy atom. The summed E-state index contributed by atoms with van der Waals surface area (Å²) in [6.45, 7) is 3.93. The Bertz CT molecular complexity index is 1280. The van der Waals surface area contributed by atoms with E-state index in [0.29, 0.717) is 52.9 Å². The lowest BCUT2D eigenvalue weighted by atomic mass is 10.1. The first-order valence-corrected chi connectivity index (χ1v) is 12.5. The number of ether oxygens (including phenoxy) is 2. The number of methoxy groups -OCH3 is 1. The molecule has 4 rings (SSSR count). The first kappa shape index (κ1) is 26.8. The summed E-state index contributed by atoms with van der Waals surface area (Å²) in [5.41, 5.74) is 1.72. The van der Waals surface area contributed by atoms with Crippen molar-refractivity contribution in [1.29, 1.82) is 0 Å². The first-order chi connectivity index (χ1) is 17.8. The molecule has 3 aromatic rings. The van der Waals surface area contributed by atoms with E-state index in [0.717, 1.165) is 19.4 Å². The molecule has 2 aromatic carbocycles. The number of fused-ring (bicyclic) bond motifs is 1. The number of nitrogens with one attached hydrogen (secondary N) is 2. The van der Waals surface area contributed by atoms with E-state index in [2.05, 4.69) is 25.5 Å². The van der Waals surface area contributed by atoms with Crippen LogP contribution in [-0.2, 0) is 9.53 Å². The number of amides is 1.